The van der Waals surface area contributed by atoms with Crippen LogP contribution in [-0.2, 0) is 4.79 Å². The monoisotopic (exact) mass is 387 g/mol. The number of carboxylic acids is 1. The van der Waals surface area contributed by atoms with Crippen molar-refractivity contribution in [2.45, 2.75) is 19.8 Å². The normalized spacial score (nSPS) is 10.2. The maximum Gasteiger partial charge on any atom is 0.341 e. The Morgan fingerprint density at radius 2 is 1.75 bits per heavy atom. The highest BCUT2D eigenvalue weighted by molar-refractivity contribution is 6.06. The molecule has 0 saturated carbocycles. The number of nitrogens with zero attached hydrogens (tertiary/aromatic N) is 1. The standard InChI is InChI=1S/C21H25NO6/c1-4-5-12-27-18-11-6-15(13-19(18)26-3)21(25)22(2)16-7-9-17(10-8-16)28-14-20(23)24/h6-11,13H,4-5,12,14H2,1-3H3,(H,23,24). The molecule has 1 N–H and O–H groups in total. The Labute approximate surface area is 164 Å². The number of ether oxygens (including phenoxy) is 3. The number of carbonyl (C=O) groups excluding carboxylic acids is 1. The largest absolute Gasteiger partial charge is 0.493 e. The number of aliphatic carboxylic acids is 1. The zero-order valence-electron chi connectivity index (χ0n) is 16.3. The van der Waals surface area contributed by atoms with E-state index >= 15 is 0 Å². The second kappa shape index (κ2) is 10.2. The molecule has 28 heavy (non-hydrogen) atoms. The number of carbonyl (C=O) groups is 2. The number of hydrogen-bond donors (Lipinski definition) is 1. The van der Waals surface area contributed by atoms with Crippen LogP contribution in [0.4, 0.5) is 5.69 Å². The van der Waals surface area contributed by atoms with Gasteiger partial charge in [0, 0.05) is 18.3 Å². The number of amides is 1. The molecule has 0 saturated heterocycles. The molecule has 0 aliphatic carbocycles. The highest BCUT2D eigenvalue weighted by Crippen LogP contribution is 2.29. The summed E-state index contributed by atoms with van der Waals surface area (Å²) in [6.45, 7) is 2.26. The van der Waals surface area contributed by atoms with Gasteiger partial charge in [0.2, 0.25) is 0 Å². The van der Waals surface area contributed by atoms with Gasteiger partial charge in [0.1, 0.15) is 5.75 Å². The molecule has 0 aliphatic heterocycles. The number of rotatable bonds is 10. The molecular formula is C21H25NO6. The fourth-order valence-electron chi connectivity index (χ4n) is 2.47. The first kappa shape index (κ1) is 21.1. The van der Waals surface area contributed by atoms with Gasteiger partial charge in [-0.05, 0) is 48.9 Å². The average molecular weight is 387 g/mol. The van der Waals surface area contributed by atoms with E-state index in [0.717, 1.165) is 12.8 Å². The van der Waals surface area contributed by atoms with Crippen molar-refractivity contribution in [3.8, 4) is 17.2 Å². The van der Waals surface area contributed by atoms with Crippen molar-refractivity contribution in [1.29, 1.82) is 0 Å². The number of hydrogen-bond acceptors (Lipinski definition) is 5. The molecule has 0 unspecified atom stereocenters. The topological polar surface area (TPSA) is 85.3 Å². The molecule has 7 nitrogen and oxygen atoms in total. The maximum atomic E-state index is 12.8. The van der Waals surface area contributed by atoms with Crippen LogP contribution in [0.25, 0.3) is 0 Å². The highest BCUT2D eigenvalue weighted by Gasteiger charge is 2.16. The molecule has 150 valence electrons. The van der Waals surface area contributed by atoms with Crippen LogP contribution in [0.3, 0.4) is 0 Å². The Bertz CT molecular complexity index is 803. The third kappa shape index (κ3) is 5.64. The van der Waals surface area contributed by atoms with Gasteiger partial charge < -0.3 is 24.2 Å². The summed E-state index contributed by atoms with van der Waals surface area (Å²) >= 11 is 0. The van der Waals surface area contributed by atoms with Gasteiger partial charge in [-0.15, -0.1) is 0 Å². The first-order valence-electron chi connectivity index (χ1n) is 8.99. The Balaban J connectivity index is 2.10. The Morgan fingerprint density at radius 1 is 1.04 bits per heavy atom. The summed E-state index contributed by atoms with van der Waals surface area (Å²) in [5.74, 6) is 0.273. The maximum absolute atomic E-state index is 12.8. The lowest BCUT2D eigenvalue weighted by molar-refractivity contribution is -0.139. The first-order chi connectivity index (χ1) is 13.5. The second-order valence-corrected chi connectivity index (χ2v) is 6.11. The van der Waals surface area contributed by atoms with Crippen molar-refractivity contribution in [3.63, 3.8) is 0 Å². The van der Waals surface area contributed by atoms with Crippen molar-refractivity contribution in [2.75, 3.05) is 32.3 Å². The van der Waals surface area contributed by atoms with Gasteiger partial charge in [0.25, 0.3) is 5.91 Å². The lowest BCUT2D eigenvalue weighted by Crippen LogP contribution is -2.26. The third-order valence-corrected chi connectivity index (χ3v) is 4.06. The molecule has 0 spiro atoms. The molecule has 0 fully saturated rings. The Morgan fingerprint density at radius 3 is 2.36 bits per heavy atom. The van der Waals surface area contributed by atoms with Crippen LogP contribution in [0, 0.1) is 0 Å². The third-order valence-electron chi connectivity index (χ3n) is 4.06. The van der Waals surface area contributed by atoms with E-state index in [2.05, 4.69) is 6.92 Å². The summed E-state index contributed by atoms with van der Waals surface area (Å²) in [7, 11) is 3.20. The minimum Gasteiger partial charge on any atom is -0.493 e. The molecule has 0 aliphatic rings. The molecule has 0 aromatic heterocycles. The minimum absolute atomic E-state index is 0.211. The Kier molecular flexibility index (Phi) is 7.68. The van der Waals surface area contributed by atoms with E-state index in [9.17, 15) is 9.59 Å². The van der Waals surface area contributed by atoms with E-state index in [0.29, 0.717) is 35.1 Å². The second-order valence-electron chi connectivity index (χ2n) is 6.11. The summed E-state index contributed by atoms with van der Waals surface area (Å²) in [5, 5.41) is 8.64. The van der Waals surface area contributed by atoms with Gasteiger partial charge >= 0.3 is 5.97 Å². The van der Waals surface area contributed by atoms with Crippen molar-refractivity contribution >= 4 is 17.6 Å². The van der Waals surface area contributed by atoms with Crippen molar-refractivity contribution < 1.29 is 28.9 Å². The minimum atomic E-state index is -1.05. The number of unbranched alkanes of at least 4 members (excludes halogenated alkanes) is 1. The predicted octanol–water partition coefficient (Wildman–Crippen LogP) is 3.61. The van der Waals surface area contributed by atoms with E-state index in [4.69, 9.17) is 19.3 Å². The summed E-state index contributed by atoms with van der Waals surface area (Å²) in [6.07, 6.45) is 1.97. The molecule has 1 amide bonds. The van der Waals surface area contributed by atoms with E-state index in [1.54, 1.807) is 49.5 Å². The summed E-state index contributed by atoms with van der Waals surface area (Å²) in [6, 6.07) is 11.7. The zero-order chi connectivity index (χ0) is 20.5. The van der Waals surface area contributed by atoms with Crippen LogP contribution in [0.1, 0.15) is 30.1 Å². The number of benzene rings is 2. The first-order valence-corrected chi connectivity index (χ1v) is 8.99. The average Bonchev–Trinajstić information content (AvgIpc) is 2.71. The van der Waals surface area contributed by atoms with Crippen LogP contribution < -0.4 is 19.1 Å². The van der Waals surface area contributed by atoms with Crippen LogP contribution in [0.2, 0.25) is 0 Å². The summed E-state index contributed by atoms with van der Waals surface area (Å²) in [4.78, 5) is 24.8. The molecule has 7 heteroatoms. The fourth-order valence-corrected chi connectivity index (χ4v) is 2.47. The van der Waals surface area contributed by atoms with E-state index in [1.165, 1.54) is 12.0 Å². The van der Waals surface area contributed by atoms with Crippen molar-refractivity contribution in [3.05, 3.63) is 48.0 Å². The van der Waals surface area contributed by atoms with E-state index < -0.39 is 12.6 Å². The van der Waals surface area contributed by atoms with Gasteiger partial charge in [-0.25, -0.2) is 4.79 Å². The Hall–Kier alpha value is -3.22. The van der Waals surface area contributed by atoms with Gasteiger partial charge in [0.05, 0.1) is 13.7 Å². The van der Waals surface area contributed by atoms with Gasteiger partial charge in [-0.2, -0.15) is 0 Å². The van der Waals surface area contributed by atoms with Crippen LogP contribution in [0.15, 0.2) is 42.5 Å². The fraction of sp³-hybridized carbons (Fsp3) is 0.333. The molecular weight excluding hydrogens is 362 g/mol. The van der Waals surface area contributed by atoms with Gasteiger partial charge in [-0.3, -0.25) is 4.79 Å². The lowest BCUT2D eigenvalue weighted by Gasteiger charge is -2.19. The summed E-state index contributed by atoms with van der Waals surface area (Å²) in [5.41, 5.74) is 1.11. The molecule has 2 rings (SSSR count). The lowest BCUT2D eigenvalue weighted by atomic mass is 10.1. The molecule has 0 atom stereocenters. The van der Waals surface area contributed by atoms with E-state index in [-0.39, 0.29) is 5.91 Å². The molecule has 0 heterocycles. The van der Waals surface area contributed by atoms with Gasteiger partial charge in [-0.1, -0.05) is 13.3 Å². The molecule has 2 aromatic carbocycles. The quantitative estimate of drug-likeness (QED) is 0.627. The van der Waals surface area contributed by atoms with Gasteiger partial charge in [0.15, 0.2) is 18.1 Å². The number of carboxylic acid groups (broad SMARTS) is 1. The summed E-state index contributed by atoms with van der Waals surface area (Å²) < 4.78 is 16.1. The van der Waals surface area contributed by atoms with Crippen LogP contribution in [0.5, 0.6) is 17.2 Å². The predicted molar refractivity (Wildman–Crippen MR) is 106 cm³/mol. The van der Waals surface area contributed by atoms with Crippen molar-refractivity contribution in [2.24, 2.45) is 0 Å². The SMILES string of the molecule is CCCCOc1ccc(C(=O)N(C)c2ccc(OCC(=O)O)cc2)cc1OC. The molecule has 0 radical (unpaired) electrons. The van der Waals surface area contributed by atoms with Crippen LogP contribution in [-0.4, -0.2) is 44.4 Å². The van der Waals surface area contributed by atoms with E-state index in [1.807, 2.05) is 0 Å². The molecule has 0 bridgehead atoms. The zero-order valence-corrected chi connectivity index (χ0v) is 16.3. The van der Waals surface area contributed by atoms with Crippen molar-refractivity contribution in [1.82, 2.24) is 0 Å². The molecule has 2 aromatic rings. The number of anilines is 1. The highest BCUT2D eigenvalue weighted by atomic mass is 16.5. The van der Waals surface area contributed by atoms with Crippen LogP contribution >= 0.6 is 0 Å². The number of methoxy groups -OCH3 is 1. The smallest absolute Gasteiger partial charge is 0.341 e.